The number of esters is 1. The molecule has 2 heterocycles. The third-order valence-electron chi connectivity index (χ3n) is 5.97. The van der Waals surface area contributed by atoms with Crippen LogP contribution in [-0.2, 0) is 34.5 Å². The Hall–Kier alpha value is -3.58. The van der Waals surface area contributed by atoms with E-state index in [-0.39, 0.29) is 58.0 Å². The Morgan fingerprint density at radius 3 is 2.61 bits per heavy atom. The predicted molar refractivity (Wildman–Crippen MR) is 145 cm³/mol. The van der Waals surface area contributed by atoms with Crippen molar-refractivity contribution in [2.45, 2.75) is 34.2 Å². The fourth-order valence-electron chi connectivity index (χ4n) is 3.98. The maximum atomic E-state index is 13.2. The minimum absolute atomic E-state index is 0.0813. The van der Waals surface area contributed by atoms with E-state index in [1.807, 2.05) is 0 Å². The van der Waals surface area contributed by atoms with E-state index in [1.54, 1.807) is 13.0 Å². The molecule has 0 bridgehead atoms. The monoisotopic (exact) mass is 632 g/mol. The third-order valence-corrected chi connectivity index (χ3v) is 10.9. The molecule has 41 heavy (non-hydrogen) atoms. The highest BCUT2D eigenvalue weighted by atomic mass is 32.3. The van der Waals surface area contributed by atoms with Crippen LogP contribution in [0.1, 0.15) is 36.9 Å². The molecule has 0 radical (unpaired) electrons. The number of methoxy groups -OCH3 is 1. The lowest BCUT2D eigenvalue weighted by molar-refractivity contribution is -0.757. The van der Waals surface area contributed by atoms with Gasteiger partial charge < -0.3 is 19.2 Å². The lowest BCUT2D eigenvalue weighted by Crippen LogP contribution is -2.44. The van der Waals surface area contributed by atoms with Gasteiger partial charge in [-0.1, -0.05) is 6.07 Å². The van der Waals surface area contributed by atoms with Crippen molar-refractivity contribution in [2.75, 3.05) is 33.9 Å². The first kappa shape index (κ1) is 31.9. The quantitative estimate of drug-likeness (QED) is 0.0887. The largest absolute Gasteiger partial charge is 0.493 e. The molecule has 2 N–H and O–H groups in total. The number of ether oxygens (including phenoxy) is 2. The number of nitrogens with two attached hydrogens (primary N) is 1. The Morgan fingerprint density at radius 2 is 2.00 bits per heavy atom. The molecule has 15 nitrogen and oxygen atoms in total. The van der Waals surface area contributed by atoms with Gasteiger partial charge in [0.15, 0.2) is 11.5 Å². The minimum atomic E-state index is -4.17. The number of hydrogen-bond donors (Lipinski definition) is 1. The first-order valence-electron chi connectivity index (χ1n) is 12.0. The first-order chi connectivity index (χ1) is 19.2. The first-order valence-corrected chi connectivity index (χ1v) is 15.8. The summed E-state index contributed by atoms with van der Waals surface area (Å²) in [5.74, 6) is -0.816. The molecule has 1 atom stereocenters. The van der Waals surface area contributed by atoms with Crippen LogP contribution in [0.4, 0.5) is 0 Å². The van der Waals surface area contributed by atoms with Crippen molar-refractivity contribution in [1.82, 2.24) is 9.21 Å². The van der Waals surface area contributed by atoms with Crippen molar-refractivity contribution in [1.29, 1.82) is 0 Å². The van der Waals surface area contributed by atoms with Crippen molar-refractivity contribution in [3.05, 3.63) is 51.6 Å². The van der Waals surface area contributed by atoms with Gasteiger partial charge >= 0.3 is 5.97 Å². The molecule has 1 aromatic carbocycles. The lowest BCUT2D eigenvalue weighted by atomic mass is 10.1. The van der Waals surface area contributed by atoms with Crippen molar-refractivity contribution in [2.24, 2.45) is 5.14 Å². The van der Waals surface area contributed by atoms with Crippen LogP contribution in [0.2, 0.25) is 0 Å². The maximum absolute atomic E-state index is 13.2. The predicted octanol–water partition coefficient (Wildman–Crippen LogP) is 1.54. The summed E-state index contributed by atoms with van der Waals surface area (Å²) in [6.45, 7) is 1.55. The number of nitrogens with zero attached hydrogens (tertiary/aromatic N) is 3. The summed E-state index contributed by atoms with van der Waals surface area (Å²) in [6, 6.07) is 4.98. The smallest absolute Gasteiger partial charge is 0.311 e. The zero-order valence-electron chi connectivity index (χ0n) is 22.2. The van der Waals surface area contributed by atoms with Crippen LogP contribution in [0.5, 0.6) is 11.5 Å². The van der Waals surface area contributed by atoms with E-state index in [0.717, 1.165) is 4.31 Å². The molecule has 0 aliphatic carbocycles. The highest BCUT2D eigenvalue weighted by Crippen LogP contribution is 2.41. The SMILES string of the molecule is CCN(C(=O)/C=C/c1ccc(OC(=O)CCCO[N+](=O)[O-])c(OC)c1)[C@H]1CN(C)S(=O)(=O)c2sc(S(N)(=O)=O)cc21. The van der Waals surface area contributed by atoms with E-state index < -0.39 is 43.1 Å². The molecule has 1 aliphatic rings. The normalized spacial score (nSPS) is 16.6. The molecule has 0 saturated carbocycles. The number of rotatable bonds is 12. The van der Waals surface area contributed by atoms with Crippen molar-refractivity contribution in [3.8, 4) is 11.5 Å². The molecule has 3 rings (SSSR count). The van der Waals surface area contributed by atoms with Gasteiger partial charge in [-0.3, -0.25) is 9.59 Å². The maximum Gasteiger partial charge on any atom is 0.311 e. The van der Waals surface area contributed by atoms with Crippen LogP contribution in [0.3, 0.4) is 0 Å². The number of carbonyl (C=O) groups is 2. The van der Waals surface area contributed by atoms with Gasteiger partial charge in [0.2, 0.25) is 15.9 Å². The van der Waals surface area contributed by atoms with Crippen LogP contribution < -0.4 is 14.6 Å². The van der Waals surface area contributed by atoms with E-state index in [1.165, 1.54) is 49.4 Å². The van der Waals surface area contributed by atoms with Gasteiger partial charge in [-0.2, -0.15) is 4.31 Å². The zero-order chi connectivity index (χ0) is 30.5. The van der Waals surface area contributed by atoms with E-state index >= 15 is 0 Å². The summed E-state index contributed by atoms with van der Waals surface area (Å²) in [5.41, 5.74) is 0.694. The van der Waals surface area contributed by atoms with Crippen molar-refractivity contribution < 1.29 is 45.8 Å². The molecule has 0 spiro atoms. The Kier molecular flexibility index (Phi) is 10.1. The minimum Gasteiger partial charge on any atom is -0.493 e. The fraction of sp³-hybridized carbons (Fsp3) is 0.391. The average Bonchev–Trinajstić information content (AvgIpc) is 3.37. The highest BCUT2D eigenvalue weighted by Gasteiger charge is 2.41. The summed E-state index contributed by atoms with van der Waals surface area (Å²) in [6.07, 6.45) is 2.72. The number of likely N-dealkylation sites (N-methyl/N-ethyl adjacent to an activating group) is 2. The van der Waals surface area contributed by atoms with Gasteiger partial charge in [0.05, 0.1) is 19.8 Å². The summed E-state index contributed by atoms with van der Waals surface area (Å²) in [5, 5.41) is 14.5. The van der Waals surface area contributed by atoms with E-state index in [0.29, 0.717) is 16.9 Å². The van der Waals surface area contributed by atoms with Gasteiger partial charge in [0, 0.05) is 38.2 Å². The van der Waals surface area contributed by atoms with Crippen LogP contribution in [0.15, 0.2) is 38.8 Å². The lowest BCUT2D eigenvalue weighted by Gasteiger charge is -2.36. The van der Waals surface area contributed by atoms with Crippen LogP contribution in [0, 0.1) is 10.1 Å². The zero-order valence-corrected chi connectivity index (χ0v) is 24.7. The molecule has 1 amide bonds. The molecule has 0 fully saturated rings. The summed E-state index contributed by atoms with van der Waals surface area (Å²) < 4.78 is 60.6. The van der Waals surface area contributed by atoms with Crippen LogP contribution in [-0.4, -0.2) is 76.9 Å². The van der Waals surface area contributed by atoms with Crippen molar-refractivity contribution in [3.63, 3.8) is 0 Å². The highest BCUT2D eigenvalue weighted by molar-refractivity contribution is 7.94. The van der Waals surface area contributed by atoms with E-state index in [4.69, 9.17) is 14.6 Å². The molecule has 2 aromatic rings. The summed E-state index contributed by atoms with van der Waals surface area (Å²) >= 11 is 0.541. The van der Waals surface area contributed by atoms with Gasteiger partial charge in [-0.05, 0) is 43.2 Å². The summed E-state index contributed by atoms with van der Waals surface area (Å²) in [4.78, 5) is 41.0. The molecule has 1 aromatic heterocycles. The Bertz CT molecular complexity index is 1570. The Labute approximate surface area is 240 Å². The molecule has 1 aliphatic heterocycles. The van der Waals surface area contributed by atoms with Gasteiger partial charge in [-0.25, -0.2) is 22.0 Å². The summed E-state index contributed by atoms with van der Waals surface area (Å²) in [7, 11) is -5.42. The second-order valence-electron chi connectivity index (χ2n) is 8.66. The number of primary sulfonamides is 1. The Balaban J connectivity index is 1.78. The van der Waals surface area contributed by atoms with Crippen LogP contribution >= 0.6 is 11.3 Å². The van der Waals surface area contributed by atoms with Gasteiger partial charge in [-0.15, -0.1) is 21.5 Å². The third kappa shape index (κ3) is 7.59. The van der Waals surface area contributed by atoms with Crippen molar-refractivity contribution >= 4 is 49.3 Å². The van der Waals surface area contributed by atoms with Gasteiger partial charge in [0.25, 0.3) is 15.1 Å². The van der Waals surface area contributed by atoms with Crippen LogP contribution in [0.25, 0.3) is 6.08 Å². The second kappa shape index (κ2) is 12.9. The number of hydrogen-bond acceptors (Lipinski definition) is 12. The fourth-order valence-corrected chi connectivity index (χ4v) is 8.01. The molecule has 0 saturated heterocycles. The number of sulfonamides is 2. The molecular formula is C23H28N4O11S3. The number of carbonyl (C=O) groups excluding carboxylic acids is 2. The molecule has 18 heteroatoms. The molecular weight excluding hydrogens is 604 g/mol. The number of fused-ring (bicyclic) bond motifs is 1. The standard InChI is InChI=1S/C23H28N4O11S3/c1-4-26(17-14-25(2)41(34,35)23-16(17)13-22(39-23)40(24,32)33)20(28)10-8-15-7-9-18(19(12-15)36-3)38-21(29)6-5-11-37-27(30)31/h7-10,12-13,17H,4-6,11,14H2,1-3H3,(H2,24,32,33)/b10-8+/t17-/m0/s1. The van der Waals surface area contributed by atoms with E-state index in [9.17, 15) is 36.5 Å². The van der Waals surface area contributed by atoms with E-state index in [2.05, 4.69) is 4.84 Å². The molecule has 0 unspecified atom stereocenters. The number of amides is 1. The topological polar surface area (TPSA) is 206 Å². The average molecular weight is 633 g/mol. The number of benzene rings is 1. The second-order valence-corrected chi connectivity index (χ2v) is 13.7. The molecule has 224 valence electrons. The number of thiophene rings is 1. The Morgan fingerprint density at radius 1 is 1.29 bits per heavy atom. The van der Waals surface area contributed by atoms with Gasteiger partial charge in [0.1, 0.15) is 8.42 Å².